The third-order valence-corrected chi connectivity index (χ3v) is 0.577. The molecule has 0 aliphatic heterocycles. The van der Waals surface area contributed by atoms with Crippen LogP contribution in [0, 0.1) is 6.42 Å². The van der Waals surface area contributed by atoms with Crippen LogP contribution in [-0.2, 0) is 4.57 Å². The molecule has 0 aliphatic rings. The summed E-state index contributed by atoms with van der Waals surface area (Å²) in [7, 11) is -4.64. The van der Waals surface area contributed by atoms with Crippen molar-refractivity contribution in [1.82, 2.24) is 0 Å². The van der Waals surface area contributed by atoms with Crippen LogP contribution in [0.4, 0.5) is 0 Å². The molecule has 0 bridgehead atoms. The van der Waals surface area contributed by atoms with Gasteiger partial charge in [-0.05, 0) is 0 Å². The summed E-state index contributed by atoms with van der Waals surface area (Å²) >= 11 is 0. The Morgan fingerprint density at radius 3 is 1.36 bits per heavy atom. The molecule has 6 heteroatoms. The minimum atomic E-state index is -4.64. The Labute approximate surface area is 89.6 Å². The van der Waals surface area contributed by atoms with Gasteiger partial charge in [-0.1, -0.05) is 13.8 Å². The van der Waals surface area contributed by atoms with Crippen LogP contribution in [0.5, 0.6) is 0 Å². The maximum Gasteiger partial charge on any atom is 1.00 e. The third-order valence-electron chi connectivity index (χ3n) is 0.577. The van der Waals surface area contributed by atoms with Crippen molar-refractivity contribution < 1.29 is 48.8 Å². The SMILES string of the molecule is CC[CH-]CC.O=P(O)(O)O.[Na+]. The molecule has 0 heterocycles. The van der Waals surface area contributed by atoms with E-state index >= 15 is 0 Å². The van der Waals surface area contributed by atoms with Gasteiger partial charge in [0.25, 0.3) is 0 Å². The quantitative estimate of drug-likeness (QED) is 0.271. The fourth-order valence-corrected chi connectivity index (χ4v) is 0.289. The van der Waals surface area contributed by atoms with Crippen LogP contribution >= 0.6 is 7.82 Å². The predicted molar refractivity (Wildman–Crippen MR) is 39.1 cm³/mol. The van der Waals surface area contributed by atoms with Gasteiger partial charge >= 0.3 is 37.4 Å². The second-order valence-electron chi connectivity index (χ2n) is 1.62. The second kappa shape index (κ2) is 11.1. The Bertz CT molecular complexity index is 92.4. The van der Waals surface area contributed by atoms with Crippen LogP contribution < -0.4 is 29.6 Å². The van der Waals surface area contributed by atoms with Gasteiger partial charge in [-0.2, -0.15) is 12.8 Å². The zero-order valence-corrected chi connectivity index (χ0v) is 10.1. The molecule has 0 aliphatic carbocycles. The topological polar surface area (TPSA) is 77.8 Å². The van der Waals surface area contributed by atoms with Crippen LogP contribution in [0.2, 0.25) is 0 Å². The number of rotatable bonds is 2. The number of hydrogen-bond acceptors (Lipinski definition) is 1. The van der Waals surface area contributed by atoms with Gasteiger partial charge in [0.15, 0.2) is 0 Å². The molecule has 0 saturated heterocycles. The van der Waals surface area contributed by atoms with E-state index in [9.17, 15) is 0 Å². The van der Waals surface area contributed by atoms with Gasteiger partial charge < -0.3 is 21.1 Å². The molecule has 0 aromatic carbocycles. The molecule has 0 unspecified atom stereocenters. The minimum absolute atomic E-state index is 0. The van der Waals surface area contributed by atoms with Gasteiger partial charge in [-0.25, -0.2) is 4.57 Å². The standard InChI is InChI=1S/C5H11.Na.H3O4P/c1-3-5-4-2;;1-5(2,3)4/h5H,3-4H2,1-2H3;;(H3,1,2,3,4)/q-1;+1;. The van der Waals surface area contributed by atoms with Crippen LogP contribution in [0.15, 0.2) is 0 Å². The summed E-state index contributed by atoms with van der Waals surface area (Å²) in [5.41, 5.74) is 0. The fraction of sp³-hybridized carbons (Fsp3) is 0.800. The van der Waals surface area contributed by atoms with Gasteiger partial charge in [0, 0.05) is 0 Å². The molecule has 0 saturated carbocycles. The first-order valence-corrected chi connectivity index (χ1v) is 4.58. The molecule has 0 amide bonds. The molecule has 0 radical (unpaired) electrons. The first kappa shape index (κ1) is 18.0. The second-order valence-corrected chi connectivity index (χ2v) is 2.65. The molecule has 11 heavy (non-hydrogen) atoms. The van der Waals surface area contributed by atoms with Crippen LogP contribution in [0.3, 0.4) is 0 Å². The van der Waals surface area contributed by atoms with Crippen LogP contribution in [0.1, 0.15) is 26.7 Å². The van der Waals surface area contributed by atoms with Crippen molar-refractivity contribution >= 4 is 7.82 Å². The van der Waals surface area contributed by atoms with E-state index in [-0.39, 0.29) is 29.6 Å². The molecule has 0 fully saturated rings. The average Bonchev–Trinajstić information content (AvgIpc) is 1.63. The van der Waals surface area contributed by atoms with E-state index < -0.39 is 7.82 Å². The Balaban J connectivity index is -0.000000107. The predicted octanol–water partition coefficient (Wildman–Crippen LogP) is -1.91. The van der Waals surface area contributed by atoms with E-state index in [0.29, 0.717) is 0 Å². The van der Waals surface area contributed by atoms with E-state index in [1.807, 2.05) is 0 Å². The zero-order valence-electron chi connectivity index (χ0n) is 7.19. The largest absolute Gasteiger partial charge is 1.00 e. The van der Waals surface area contributed by atoms with E-state index in [4.69, 9.17) is 19.2 Å². The Morgan fingerprint density at radius 1 is 1.18 bits per heavy atom. The fourth-order valence-electron chi connectivity index (χ4n) is 0.289. The molecule has 0 spiro atoms. The van der Waals surface area contributed by atoms with Gasteiger partial charge in [0.1, 0.15) is 0 Å². The molecular weight excluding hydrogens is 178 g/mol. The van der Waals surface area contributed by atoms with E-state index in [2.05, 4.69) is 20.3 Å². The summed E-state index contributed by atoms with van der Waals surface area (Å²) in [5, 5.41) is 0. The summed E-state index contributed by atoms with van der Waals surface area (Å²) in [6.07, 6.45) is 4.69. The average molecular weight is 192 g/mol. The monoisotopic (exact) mass is 192 g/mol. The first-order chi connectivity index (χ1) is 4.41. The van der Waals surface area contributed by atoms with Crippen molar-refractivity contribution in [2.75, 3.05) is 0 Å². The van der Waals surface area contributed by atoms with Crippen molar-refractivity contribution in [1.29, 1.82) is 0 Å². The minimum Gasteiger partial charge on any atom is -0.329 e. The molecule has 0 rings (SSSR count). The van der Waals surface area contributed by atoms with Crippen molar-refractivity contribution in [3.63, 3.8) is 0 Å². The van der Waals surface area contributed by atoms with Crippen LogP contribution in [0.25, 0.3) is 0 Å². The first-order valence-electron chi connectivity index (χ1n) is 3.01. The van der Waals surface area contributed by atoms with Gasteiger partial charge in [0.2, 0.25) is 0 Å². The maximum absolute atomic E-state index is 8.88. The van der Waals surface area contributed by atoms with Crippen molar-refractivity contribution in [3.8, 4) is 0 Å². The maximum atomic E-state index is 8.88. The molecular formula is C5H14NaO4P. The van der Waals surface area contributed by atoms with Crippen molar-refractivity contribution in [2.24, 2.45) is 0 Å². The molecule has 3 N–H and O–H groups in total. The van der Waals surface area contributed by atoms with Crippen LogP contribution in [-0.4, -0.2) is 14.7 Å². The Kier molecular flexibility index (Phi) is 18.2. The smallest absolute Gasteiger partial charge is 0.329 e. The normalized spacial score (nSPS) is 9.18. The Morgan fingerprint density at radius 2 is 1.36 bits per heavy atom. The summed E-state index contributed by atoms with van der Waals surface area (Å²) in [5.74, 6) is 0. The Hall–Kier alpha value is 1.11. The van der Waals surface area contributed by atoms with E-state index in [0.717, 1.165) is 0 Å². The van der Waals surface area contributed by atoms with E-state index in [1.54, 1.807) is 0 Å². The van der Waals surface area contributed by atoms with Gasteiger partial charge in [-0.15, -0.1) is 0 Å². The zero-order chi connectivity index (χ0) is 8.62. The summed E-state index contributed by atoms with van der Waals surface area (Å²) in [6.45, 7) is 4.31. The summed E-state index contributed by atoms with van der Waals surface area (Å²) < 4.78 is 8.88. The van der Waals surface area contributed by atoms with Gasteiger partial charge in [-0.3, -0.25) is 0 Å². The summed E-state index contributed by atoms with van der Waals surface area (Å²) in [4.78, 5) is 21.6. The van der Waals surface area contributed by atoms with Crippen molar-refractivity contribution in [2.45, 2.75) is 26.7 Å². The van der Waals surface area contributed by atoms with E-state index in [1.165, 1.54) is 12.8 Å². The number of unbranched alkanes of at least 4 members (excludes halogenated alkanes) is 2. The van der Waals surface area contributed by atoms with Gasteiger partial charge in [0.05, 0.1) is 0 Å². The van der Waals surface area contributed by atoms with Crippen molar-refractivity contribution in [3.05, 3.63) is 6.42 Å². The molecule has 0 aromatic rings. The number of phosphoric acid groups is 1. The molecule has 0 aromatic heterocycles. The molecule has 64 valence electrons. The number of hydrogen-bond donors (Lipinski definition) is 3. The molecule has 4 nitrogen and oxygen atoms in total. The third kappa shape index (κ3) is 95.3. The summed E-state index contributed by atoms with van der Waals surface area (Å²) in [6, 6.07) is 0. The molecule has 0 atom stereocenters.